The van der Waals surface area contributed by atoms with E-state index in [0.717, 1.165) is 37.7 Å². The Hall–Kier alpha value is -1.35. The molecule has 0 aliphatic carbocycles. The van der Waals surface area contributed by atoms with Gasteiger partial charge in [0.1, 0.15) is 0 Å². The van der Waals surface area contributed by atoms with Gasteiger partial charge in [0.2, 0.25) is 0 Å². The van der Waals surface area contributed by atoms with Crippen molar-refractivity contribution in [2.75, 3.05) is 37.6 Å². The highest BCUT2D eigenvalue weighted by Crippen LogP contribution is 2.19. The molecule has 0 aromatic heterocycles. The number of benzene rings is 1. The van der Waals surface area contributed by atoms with Crippen molar-refractivity contribution < 1.29 is 4.79 Å². The van der Waals surface area contributed by atoms with Gasteiger partial charge < -0.3 is 4.90 Å². The van der Waals surface area contributed by atoms with Crippen molar-refractivity contribution in [1.82, 2.24) is 4.90 Å². The molecule has 0 saturated carbocycles. The number of nitrogens with zero attached hydrogens (tertiary/aromatic N) is 2. The molecule has 1 heterocycles. The molecule has 2 rings (SSSR count). The fourth-order valence-electron chi connectivity index (χ4n) is 2.87. The zero-order valence-corrected chi connectivity index (χ0v) is 15.8. The Kier molecular flexibility index (Phi) is 8.32. The van der Waals surface area contributed by atoms with E-state index < -0.39 is 0 Å². The number of rotatable bonds is 5. The molecule has 0 unspecified atom stereocenters. The number of carbonyl (C=O) groups is 1. The summed E-state index contributed by atoms with van der Waals surface area (Å²) in [4.78, 5) is 16.9. The highest BCUT2D eigenvalue weighted by Gasteiger charge is 2.18. The van der Waals surface area contributed by atoms with Crippen LogP contribution in [0.4, 0.5) is 5.69 Å². The van der Waals surface area contributed by atoms with Crippen molar-refractivity contribution in [2.24, 2.45) is 11.8 Å². The zero-order valence-electron chi connectivity index (χ0n) is 15.8. The molecule has 0 atom stereocenters. The molecular formula is C20H34N2O. The largest absolute Gasteiger partial charge is 0.369 e. The Morgan fingerprint density at radius 2 is 1.48 bits per heavy atom. The number of carbonyl (C=O) groups excluding carboxylic acids is 1. The van der Waals surface area contributed by atoms with Crippen LogP contribution in [0.3, 0.4) is 0 Å². The number of Topliss-reactive ketones (excluding diaryl/α,β-unsaturated/α-hetero) is 1. The first kappa shape index (κ1) is 19.7. The van der Waals surface area contributed by atoms with Gasteiger partial charge in [0, 0.05) is 49.9 Å². The Morgan fingerprint density at radius 1 is 0.957 bits per heavy atom. The highest BCUT2D eigenvalue weighted by molar-refractivity contribution is 5.97. The van der Waals surface area contributed by atoms with E-state index in [0.29, 0.717) is 0 Å². The summed E-state index contributed by atoms with van der Waals surface area (Å²) in [5, 5.41) is 0. The maximum atomic E-state index is 12.0. The lowest BCUT2D eigenvalue weighted by Crippen LogP contribution is -2.47. The molecule has 3 nitrogen and oxygen atoms in total. The molecule has 0 amide bonds. The van der Waals surface area contributed by atoms with Crippen LogP contribution in [0.1, 0.15) is 51.9 Å². The van der Waals surface area contributed by atoms with E-state index in [1.807, 2.05) is 39.8 Å². The molecule has 1 aromatic rings. The van der Waals surface area contributed by atoms with E-state index in [9.17, 15) is 4.79 Å². The standard InChI is InChI=1S/C18H28N2O.C2H6/c1-14(2)13-19-9-11-20(12-10-19)17-7-5-16(6-8-17)18(21)15(3)4;1-2/h5-8,14-15H,9-13H2,1-4H3;1-2H3. The van der Waals surface area contributed by atoms with E-state index in [1.54, 1.807) is 0 Å². The molecular weight excluding hydrogens is 284 g/mol. The minimum atomic E-state index is 0.0652. The van der Waals surface area contributed by atoms with E-state index in [4.69, 9.17) is 0 Å². The molecule has 1 aromatic carbocycles. The van der Waals surface area contributed by atoms with Gasteiger partial charge in [0.15, 0.2) is 5.78 Å². The van der Waals surface area contributed by atoms with Crippen LogP contribution in [0.15, 0.2) is 24.3 Å². The first-order valence-corrected chi connectivity index (χ1v) is 9.09. The summed E-state index contributed by atoms with van der Waals surface area (Å²) in [6, 6.07) is 8.12. The van der Waals surface area contributed by atoms with Gasteiger partial charge in [-0.05, 0) is 30.2 Å². The fourth-order valence-corrected chi connectivity index (χ4v) is 2.87. The van der Waals surface area contributed by atoms with Crippen LogP contribution in [0.5, 0.6) is 0 Å². The van der Waals surface area contributed by atoms with Gasteiger partial charge in [-0.1, -0.05) is 41.5 Å². The van der Waals surface area contributed by atoms with Gasteiger partial charge in [0.25, 0.3) is 0 Å². The van der Waals surface area contributed by atoms with Crippen LogP contribution in [0.25, 0.3) is 0 Å². The average molecular weight is 319 g/mol. The van der Waals surface area contributed by atoms with Gasteiger partial charge >= 0.3 is 0 Å². The molecule has 3 heteroatoms. The average Bonchev–Trinajstić information content (AvgIpc) is 2.56. The predicted molar refractivity (Wildman–Crippen MR) is 100 cm³/mol. The van der Waals surface area contributed by atoms with Crippen molar-refractivity contribution in [1.29, 1.82) is 0 Å². The first-order valence-electron chi connectivity index (χ1n) is 9.09. The van der Waals surface area contributed by atoms with E-state index in [-0.39, 0.29) is 11.7 Å². The van der Waals surface area contributed by atoms with Gasteiger partial charge in [0.05, 0.1) is 0 Å². The molecule has 0 bridgehead atoms. The van der Waals surface area contributed by atoms with E-state index >= 15 is 0 Å². The summed E-state index contributed by atoms with van der Waals surface area (Å²) in [5.41, 5.74) is 2.06. The normalized spacial score (nSPS) is 15.6. The maximum absolute atomic E-state index is 12.0. The molecule has 0 spiro atoms. The van der Waals surface area contributed by atoms with Crippen LogP contribution >= 0.6 is 0 Å². The van der Waals surface area contributed by atoms with Crippen LogP contribution < -0.4 is 4.90 Å². The summed E-state index contributed by atoms with van der Waals surface area (Å²) in [6.45, 7) is 18.0. The van der Waals surface area contributed by atoms with Crippen molar-refractivity contribution in [3.05, 3.63) is 29.8 Å². The molecule has 1 aliphatic heterocycles. The highest BCUT2D eigenvalue weighted by atomic mass is 16.1. The topological polar surface area (TPSA) is 23.6 Å². The van der Waals surface area contributed by atoms with E-state index in [2.05, 4.69) is 35.8 Å². The van der Waals surface area contributed by atoms with Gasteiger partial charge in [-0.15, -0.1) is 0 Å². The number of anilines is 1. The third kappa shape index (κ3) is 5.98. The van der Waals surface area contributed by atoms with Crippen molar-refractivity contribution in [3.8, 4) is 0 Å². The van der Waals surface area contributed by atoms with Gasteiger partial charge in [-0.2, -0.15) is 0 Å². The Morgan fingerprint density at radius 3 is 1.91 bits per heavy atom. The number of ketones is 1. The summed E-state index contributed by atoms with van der Waals surface area (Å²) in [5.74, 6) is 1.02. The van der Waals surface area contributed by atoms with Gasteiger partial charge in [-0.25, -0.2) is 0 Å². The van der Waals surface area contributed by atoms with Gasteiger partial charge in [-0.3, -0.25) is 9.69 Å². The van der Waals surface area contributed by atoms with Crippen molar-refractivity contribution >= 4 is 11.5 Å². The number of hydrogen-bond donors (Lipinski definition) is 0. The summed E-state index contributed by atoms with van der Waals surface area (Å²) in [6.07, 6.45) is 0. The minimum Gasteiger partial charge on any atom is -0.369 e. The van der Waals surface area contributed by atoms with Crippen LogP contribution in [0.2, 0.25) is 0 Å². The minimum absolute atomic E-state index is 0.0652. The smallest absolute Gasteiger partial charge is 0.165 e. The number of hydrogen-bond acceptors (Lipinski definition) is 3. The summed E-state index contributed by atoms with van der Waals surface area (Å²) < 4.78 is 0. The molecule has 1 saturated heterocycles. The third-order valence-electron chi connectivity index (χ3n) is 4.04. The zero-order chi connectivity index (χ0) is 17.4. The quantitative estimate of drug-likeness (QED) is 0.755. The Labute approximate surface area is 142 Å². The Balaban J connectivity index is 0.00000127. The van der Waals surface area contributed by atoms with Crippen LogP contribution in [0, 0.1) is 11.8 Å². The Bertz CT molecular complexity index is 457. The van der Waals surface area contributed by atoms with E-state index in [1.165, 1.54) is 12.2 Å². The first-order chi connectivity index (χ1) is 11.0. The monoisotopic (exact) mass is 318 g/mol. The lowest BCUT2D eigenvalue weighted by atomic mass is 10.0. The molecule has 0 radical (unpaired) electrons. The molecule has 1 aliphatic rings. The maximum Gasteiger partial charge on any atom is 0.165 e. The lowest BCUT2D eigenvalue weighted by Gasteiger charge is -2.36. The third-order valence-corrected chi connectivity index (χ3v) is 4.04. The molecule has 1 fully saturated rings. The second kappa shape index (κ2) is 9.71. The van der Waals surface area contributed by atoms with Crippen LogP contribution in [-0.2, 0) is 0 Å². The van der Waals surface area contributed by atoms with Crippen molar-refractivity contribution in [3.63, 3.8) is 0 Å². The molecule has 130 valence electrons. The SMILES string of the molecule is CC.CC(C)CN1CCN(c2ccc(C(=O)C(C)C)cc2)CC1. The second-order valence-corrected chi connectivity index (χ2v) is 6.75. The number of piperazine rings is 1. The second-order valence-electron chi connectivity index (χ2n) is 6.75. The van der Waals surface area contributed by atoms with Crippen LogP contribution in [-0.4, -0.2) is 43.4 Å². The van der Waals surface area contributed by atoms with Crippen molar-refractivity contribution in [2.45, 2.75) is 41.5 Å². The predicted octanol–water partition coefficient (Wildman–Crippen LogP) is 4.33. The molecule has 0 N–H and O–H groups in total. The fraction of sp³-hybridized carbons (Fsp3) is 0.650. The summed E-state index contributed by atoms with van der Waals surface area (Å²) >= 11 is 0. The molecule has 23 heavy (non-hydrogen) atoms. The lowest BCUT2D eigenvalue weighted by molar-refractivity contribution is 0.0939. The summed E-state index contributed by atoms with van der Waals surface area (Å²) in [7, 11) is 0.